The van der Waals surface area contributed by atoms with Crippen LogP contribution in [0, 0.1) is 0 Å². The number of methoxy groups -OCH3 is 1. The lowest BCUT2D eigenvalue weighted by atomic mass is 9.84. The van der Waals surface area contributed by atoms with Crippen molar-refractivity contribution < 1.29 is 9.47 Å². The average molecular weight is 295 g/mol. The number of nitrogens with zero attached hydrogens (tertiary/aromatic N) is 2. The van der Waals surface area contributed by atoms with E-state index in [1.807, 2.05) is 13.3 Å². The van der Waals surface area contributed by atoms with Gasteiger partial charge in [0.25, 0.3) is 0 Å². The first-order valence-corrected chi connectivity index (χ1v) is 8.15. The van der Waals surface area contributed by atoms with Crippen LogP contribution in [0.15, 0.2) is 12.3 Å². The van der Waals surface area contributed by atoms with Gasteiger partial charge >= 0.3 is 0 Å². The molecule has 1 aromatic rings. The molecule has 0 bridgehead atoms. The molecule has 0 aromatic carbocycles. The molecule has 5 nitrogen and oxygen atoms in total. The van der Waals surface area contributed by atoms with E-state index in [0.29, 0.717) is 0 Å². The Balaban J connectivity index is 2.29. The van der Waals surface area contributed by atoms with Gasteiger partial charge in [-0.25, -0.2) is 0 Å². The van der Waals surface area contributed by atoms with Crippen LogP contribution < -0.4 is 5.32 Å². The summed E-state index contributed by atoms with van der Waals surface area (Å²) in [6.07, 6.45) is 5.92. The fourth-order valence-corrected chi connectivity index (χ4v) is 3.16. The van der Waals surface area contributed by atoms with E-state index < -0.39 is 0 Å². The lowest BCUT2D eigenvalue weighted by Gasteiger charge is -2.42. The van der Waals surface area contributed by atoms with Gasteiger partial charge in [0, 0.05) is 45.9 Å². The second kappa shape index (κ2) is 7.92. The molecule has 1 unspecified atom stereocenters. The quantitative estimate of drug-likeness (QED) is 0.800. The first-order chi connectivity index (χ1) is 10.3. The molecular weight excluding hydrogens is 266 g/mol. The van der Waals surface area contributed by atoms with Crippen LogP contribution in [0.4, 0.5) is 0 Å². The van der Waals surface area contributed by atoms with Gasteiger partial charge in [-0.2, -0.15) is 5.10 Å². The van der Waals surface area contributed by atoms with Crippen molar-refractivity contribution in [2.75, 3.05) is 26.9 Å². The summed E-state index contributed by atoms with van der Waals surface area (Å²) in [6.45, 7) is 7.83. The van der Waals surface area contributed by atoms with E-state index in [1.54, 1.807) is 0 Å². The van der Waals surface area contributed by atoms with E-state index in [2.05, 4.69) is 35.0 Å². The summed E-state index contributed by atoms with van der Waals surface area (Å²) >= 11 is 0. The zero-order valence-corrected chi connectivity index (χ0v) is 13.6. The number of nitrogens with one attached hydrogen (secondary N) is 1. The molecule has 0 radical (unpaired) electrons. The van der Waals surface area contributed by atoms with Crippen LogP contribution in [0.5, 0.6) is 0 Å². The summed E-state index contributed by atoms with van der Waals surface area (Å²) in [5, 5.41) is 8.18. The lowest BCUT2D eigenvalue weighted by molar-refractivity contribution is -0.113. The number of hydrogen-bond acceptors (Lipinski definition) is 4. The third-order valence-electron chi connectivity index (χ3n) is 4.35. The topological polar surface area (TPSA) is 48.3 Å². The van der Waals surface area contributed by atoms with E-state index in [1.165, 1.54) is 5.69 Å². The van der Waals surface area contributed by atoms with Crippen LogP contribution in [0.2, 0.25) is 0 Å². The van der Waals surface area contributed by atoms with E-state index in [-0.39, 0.29) is 11.6 Å². The summed E-state index contributed by atoms with van der Waals surface area (Å²) < 4.78 is 13.7. The molecule has 1 aliphatic heterocycles. The highest BCUT2D eigenvalue weighted by molar-refractivity contribution is 5.14. The molecule has 1 aromatic heterocycles. The summed E-state index contributed by atoms with van der Waals surface area (Å²) in [5.41, 5.74) is 1.04. The summed E-state index contributed by atoms with van der Waals surface area (Å²) in [5.74, 6) is 0. The summed E-state index contributed by atoms with van der Waals surface area (Å²) in [6, 6.07) is 2.29. The molecule has 0 saturated carbocycles. The van der Waals surface area contributed by atoms with Gasteiger partial charge in [-0.1, -0.05) is 13.8 Å². The van der Waals surface area contributed by atoms with Crippen LogP contribution >= 0.6 is 0 Å². The number of aromatic nitrogens is 2. The van der Waals surface area contributed by atoms with Gasteiger partial charge in [0.1, 0.15) is 0 Å². The zero-order valence-electron chi connectivity index (χ0n) is 13.6. The Morgan fingerprint density at radius 1 is 1.38 bits per heavy atom. The SMILES string of the molecule is CCCNC(c1ccnn1CCC)C1(OC)CCOCC1. The van der Waals surface area contributed by atoms with E-state index in [0.717, 1.165) is 52.0 Å². The first-order valence-electron chi connectivity index (χ1n) is 8.15. The highest BCUT2D eigenvalue weighted by Crippen LogP contribution is 2.37. The Bertz CT molecular complexity index is 413. The molecule has 1 aliphatic rings. The maximum absolute atomic E-state index is 6.01. The molecule has 1 saturated heterocycles. The maximum Gasteiger partial charge on any atom is 0.0931 e. The predicted octanol–water partition coefficient (Wildman–Crippen LogP) is 2.53. The van der Waals surface area contributed by atoms with Crippen LogP contribution in [0.25, 0.3) is 0 Å². The Morgan fingerprint density at radius 2 is 2.14 bits per heavy atom. The van der Waals surface area contributed by atoms with Crippen LogP contribution in [-0.4, -0.2) is 42.2 Å². The van der Waals surface area contributed by atoms with Gasteiger partial charge in [0.05, 0.1) is 17.3 Å². The van der Waals surface area contributed by atoms with Crippen LogP contribution in [0.3, 0.4) is 0 Å². The molecule has 5 heteroatoms. The fourth-order valence-electron chi connectivity index (χ4n) is 3.16. The molecule has 21 heavy (non-hydrogen) atoms. The Morgan fingerprint density at radius 3 is 2.76 bits per heavy atom. The van der Waals surface area contributed by atoms with Crippen LogP contribution in [0.1, 0.15) is 51.3 Å². The maximum atomic E-state index is 6.01. The minimum absolute atomic E-state index is 0.167. The molecule has 0 amide bonds. The van der Waals surface area contributed by atoms with Crippen molar-refractivity contribution in [1.82, 2.24) is 15.1 Å². The Hall–Kier alpha value is -0.910. The van der Waals surface area contributed by atoms with Crippen molar-refractivity contribution in [3.8, 4) is 0 Å². The van der Waals surface area contributed by atoms with Crippen molar-refractivity contribution in [3.63, 3.8) is 0 Å². The normalized spacial score (nSPS) is 19.6. The summed E-state index contributed by atoms with van der Waals surface area (Å²) in [7, 11) is 1.83. The third-order valence-corrected chi connectivity index (χ3v) is 4.35. The van der Waals surface area contributed by atoms with Crippen molar-refractivity contribution in [2.24, 2.45) is 0 Å². The predicted molar refractivity (Wildman–Crippen MR) is 83.3 cm³/mol. The van der Waals surface area contributed by atoms with Gasteiger partial charge in [-0.05, 0) is 25.5 Å². The monoisotopic (exact) mass is 295 g/mol. The number of aryl methyl sites for hydroxylation is 1. The number of hydrogen-bond donors (Lipinski definition) is 1. The minimum Gasteiger partial charge on any atom is -0.381 e. The lowest BCUT2D eigenvalue weighted by Crippen LogP contribution is -2.50. The van der Waals surface area contributed by atoms with Crippen molar-refractivity contribution in [2.45, 2.75) is 57.7 Å². The van der Waals surface area contributed by atoms with Crippen molar-refractivity contribution >= 4 is 0 Å². The molecule has 2 heterocycles. The fraction of sp³-hybridized carbons (Fsp3) is 0.812. The van der Waals surface area contributed by atoms with E-state index in [9.17, 15) is 0 Å². The largest absolute Gasteiger partial charge is 0.381 e. The van der Waals surface area contributed by atoms with E-state index in [4.69, 9.17) is 9.47 Å². The van der Waals surface area contributed by atoms with E-state index >= 15 is 0 Å². The molecule has 0 aliphatic carbocycles. The molecule has 1 atom stereocenters. The molecule has 1 N–H and O–H groups in total. The molecule has 120 valence electrons. The molecule has 1 fully saturated rings. The molecular formula is C16H29N3O2. The van der Waals surface area contributed by atoms with Gasteiger partial charge in [-0.3, -0.25) is 4.68 Å². The second-order valence-corrected chi connectivity index (χ2v) is 5.75. The standard InChI is InChI=1S/C16H29N3O2/c1-4-9-17-15(14-6-10-18-19(14)11-5-2)16(20-3)7-12-21-13-8-16/h6,10,15,17H,4-5,7-9,11-13H2,1-3H3. The highest BCUT2D eigenvalue weighted by Gasteiger charge is 2.42. The van der Waals surface area contributed by atoms with Gasteiger partial charge < -0.3 is 14.8 Å². The highest BCUT2D eigenvalue weighted by atomic mass is 16.5. The summed E-state index contributed by atoms with van der Waals surface area (Å²) in [4.78, 5) is 0. The smallest absolute Gasteiger partial charge is 0.0931 e. The van der Waals surface area contributed by atoms with Crippen molar-refractivity contribution in [1.29, 1.82) is 0 Å². The number of rotatable bonds is 8. The first kappa shape index (κ1) is 16.5. The third kappa shape index (κ3) is 3.65. The molecule has 2 rings (SSSR count). The average Bonchev–Trinajstić information content (AvgIpc) is 2.97. The van der Waals surface area contributed by atoms with Gasteiger partial charge in [-0.15, -0.1) is 0 Å². The molecule has 0 spiro atoms. The van der Waals surface area contributed by atoms with Gasteiger partial charge in [0.15, 0.2) is 0 Å². The van der Waals surface area contributed by atoms with Gasteiger partial charge in [0.2, 0.25) is 0 Å². The van der Waals surface area contributed by atoms with Crippen LogP contribution in [-0.2, 0) is 16.0 Å². The Labute approximate surface area is 128 Å². The minimum atomic E-state index is -0.195. The zero-order chi connectivity index (χ0) is 15.1. The van der Waals surface area contributed by atoms with Crippen molar-refractivity contribution in [3.05, 3.63) is 18.0 Å². The second-order valence-electron chi connectivity index (χ2n) is 5.75. The number of ether oxygens (including phenoxy) is 2. The Kier molecular flexibility index (Phi) is 6.21.